The van der Waals surface area contributed by atoms with Gasteiger partial charge in [-0.15, -0.1) is 5.10 Å². The number of aromatic amines is 1. The lowest BCUT2D eigenvalue weighted by Crippen LogP contribution is -2.30. The molecule has 182 valence electrons. The summed E-state index contributed by atoms with van der Waals surface area (Å²) in [6.07, 6.45) is 3.14. The minimum absolute atomic E-state index is 0.0464. The monoisotopic (exact) mass is 472 g/mol. The predicted octanol–water partition coefficient (Wildman–Crippen LogP) is 3.56. The van der Waals surface area contributed by atoms with E-state index in [-0.39, 0.29) is 11.7 Å². The van der Waals surface area contributed by atoms with Gasteiger partial charge in [0.25, 0.3) is 5.56 Å². The molecule has 35 heavy (non-hydrogen) atoms. The average Bonchev–Trinajstić information content (AvgIpc) is 3.54. The van der Waals surface area contributed by atoms with Crippen LogP contribution in [0.3, 0.4) is 0 Å². The molecule has 2 aromatic heterocycles. The first-order valence-corrected chi connectivity index (χ1v) is 12.3. The number of tetrazole rings is 1. The number of hydrogen-bond donors (Lipinski definition) is 1. The zero-order valence-electron chi connectivity index (χ0n) is 20.4. The van der Waals surface area contributed by atoms with Gasteiger partial charge in [0.2, 0.25) is 0 Å². The van der Waals surface area contributed by atoms with Crippen molar-refractivity contribution < 1.29 is 4.74 Å². The summed E-state index contributed by atoms with van der Waals surface area (Å²) in [5.74, 6) is 0.790. The maximum atomic E-state index is 13.1. The standard InChI is InChI=1S/C27H32N6O2/c1-19-10-11-20(2)26-24(19)15-22(27(34)28-26)16-32(13-12-21-7-4-3-5-8-21)18-25-29-30-31-33(25)17-23-9-6-14-35-23/h3-5,7-8,10-11,15,23H,6,9,12-14,16-18H2,1-2H3,(H,28,34)/t23-/m0/s1. The Bertz CT molecular complexity index is 1340. The summed E-state index contributed by atoms with van der Waals surface area (Å²) in [5, 5.41) is 13.6. The Hall–Kier alpha value is -3.36. The molecule has 1 saturated heterocycles. The number of ether oxygens (including phenoxy) is 1. The summed E-state index contributed by atoms with van der Waals surface area (Å²) < 4.78 is 7.64. The number of benzene rings is 2. The molecule has 8 heteroatoms. The maximum absolute atomic E-state index is 13.1. The second kappa shape index (κ2) is 10.5. The Morgan fingerprint density at radius 2 is 1.94 bits per heavy atom. The van der Waals surface area contributed by atoms with Crippen molar-refractivity contribution in [3.63, 3.8) is 0 Å². The largest absolute Gasteiger partial charge is 0.376 e. The third-order valence-corrected chi connectivity index (χ3v) is 6.85. The van der Waals surface area contributed by atoms with Gasteiger partial charge < -0.3 is 9.72 Å². The first-order chi connectivity index (χ1) is 17.1. The molecular formula is C27H32N6O2. The van der Waals surface area contributed by atoms with Gasteiger partial charge in [0.05, 0.1) is 24.7 Å². The van der Waals surface area contributed by atoms with Gasteiger partial charge in [0.15, 0.2) is 5.82 Å². The van der Waals surface area contributed by atoms with Gasteiger partial charge in [0, 0.05) is 30.6 Å². The fraction of sp³-hybridized carbons (Fsp3) is 0.407. The molecule has 1 N–H and O–H groups in total. The Balaban J connectivity index is 1.41. The van der Waals surface area contributed by atoms with Crippen LogP contribution in [0.2, 0.25) is 0 Å². The van der Waals surface area contributed by atoms with Gasteiger partial charge in [-0.25, -0.2) is 4.68 Å². The maximum Gasteiger partial charge on any atom is 0.252 e. The number of nitrogens with one attached hydrogen (secondary N) is 1. The van der Waals surface area contributed by atoms with E-state index < -0.39 is 0 Å². The van der Waals surface area contributed by atoms with Crippen molar-refractivity contribution in [3.05, 3.63) is 87.0 Å². The first kappa shape index (κ1) is 23.4. The zero-order chi connectivity index (χ0) is 24.2. The molecule has 8 nitrogen and oxygen atoms in total. The van der Waals surface area contributed by atoms with Crippen molar-refractivity contribution in [2.24, 2.45) is 0 Å². The van der Waals surface area contributed by atoms with Crippen LogP contribution in [0.4, 0.5) is 0 Å². The molecule has 0 saturated carbocycles. The number of fused-ring (bicyclic) bond motifs is 1. The van der Waals surface area contributed by atoms with Crippen molar-refractivity contribution in [3.8, 4) is 0 Å². The van der Waals surface area contributed by atoms with Crippen LogP contribution in [0.15, 0.2) is 53.3 Å². The summed E-state index contributed by atoms with van der Waals surface area (Å²) in [6, 6.07) is 16.6. The van der Waals surface area contributed by atoms with Crippen molar-refractivity contribution in [2.45, 2.75) is 58.8 Å². The van der Waals surface area contributed by atoms with Crippen molar-refractivity contribution in [1.29, 1.82) is 0 Å². The van der Waals surface area contributed by atoms with Crippen molar-refractivity contribution in [2.75, 3.05) is 13.2 Å². The highest BCUT2D eigenvalue weighted by molar-refractivity contribution is 5.85. The summed E-state index contributed by atoms with van der Waals surface area (Å²) in [5.41, 5.74) is 5.10. The molecule has 0 bridgehead atoms. The fourth-order valence-electron chi connectivity index (χ4n) is 4.78. The van der Waals surface area contributed by atoms with Crippen LogP contribution >= 0.6 is 0 Å². The molecule has 1 aliphatic rings. The van der Waals surface area contributed by atoms with Gasteiger partial charge in [-0.3, -0.25) is 9.69 Å². The van der Waals surface area contributed by atoms with Crippen molar-refractivity contribution >= 4 is 10.9 Å². The van der Waals surface area contributed by atoms with Gasteiger partial charge in [-0.05, 0) is 66.3 Å². The normalized spacial score (nSPS) is 15.9. The lowest BCUT2D eigenvalue weighted by Gasteiger charge is -2.22. The van der Waals surface area contributed by atoms with E-state index in [4.69, 9.17) is 4.74 Å². The van der Waals surface area contributed by atoms with E-state index in [1.54, 1.807) is 0 Å². The second-order valence-electron chi connectivity index (χ2n) is 9.47. The minimum atomic E-state index is -0.0464. The number of hydrogen-bond acceptors (Lipinski definition) is 6. The highest BCUT2D eigenvalue weighted by atomic mass is 16.5. The Morgan fingerprint density at radius 3 is 2.74 bits per heavy atom. The lowest BCUT2D eigenvalue weighted by molar-refractivity contribution is 0.0916. The van der Waals surface area contributed by atoms with E-state index in [9.17, 15) is 4.79 Å². The molecule has 0 spiro atoms. The lowest BCUT2D eigenvalue weighted by atomic mass is 10.0. The van der Waals surface area contributed by atoms with Crippen LogP contribution in [0.1, 0.15) is 40.9 Å². The molecular weight excluding hydrogens is 440 g/mol. The summed E-state index contributed by atoms with van der Waals surface area (Å²) in [6.45, 7) is 7.41. The molecule has 1 fully saturated rings. The van der Waals surface area contributed by atoms with Crippen LogP contribution in [0, 0.1) is 13.8 Å². The molecule has 0 amide bonds. The third kappa shape index (κ3) is 5.49. The molecule has 1 atom stereocenters. The fourth-order valence-corrected chi connectivity index (χ4v) is 4.78. The van der Waals surface area contributed by atoms with E-state index in [0.29, 0.717) is 19.6 Å². The zero-order valence-corrected chi connectivity index (χ0v) is 20.4. The number of aromatic nitrogens is 5. The van der Waals surface area contributed by atoms with Crippen LogP contribution < -0.4 is 5.56 Å². The Labute approximate surface area is 204 Å². The topological polar surface area (TPSA) is 88.9 Å². The van der Waals surface area contributed by atoms with Gasteiger partial charge in [-0.1, -0.05) is 42.5 Å². The summed E-state index contributed by atoms with van der Waals surface area (Å²) >= 11 is 0. The first-order valence-electron chi connectivity index (χ1n) is 12.3. The molecule has 3 heterocycles. The Kier molecular flexibility index (Phi) is 7.01. The van der Waals surface area contributed by atoms with E-state index in [1.807, 2.05) is 29.8 Å². The number of aryl methyl sites for hydroxylation is 2. The number of pyridine rings is 1. The van der Waals surface area contributed by atoms with Crippen molar-refractivity contribution in [1.82, 2.24) is 30.1 Å². The van der Waals surface area contributed by atoms with Crippen LogP contribution in [0.25, 0.3) is 10.9 Å². The molecule has 0 unspecified atom stereocenters. The van der Waals surface area contributed by atoms with Crippen LogP contribution in [-0.2, 0) is 30.8 Å². The third-order valence-electron chi connectivity index (χ3n) is 6.85. The number of nitrogens with zero attached hydrogens (tertiary/aromatic N) is 5. The van der Waals surface area contributed by atoms with E-state index >= 15 is 0 Å². The predicted molar refractivity (Wildman–Crippen MR) is 135 cm³/mol. The highest BCUT2D eigenvalue weighted by Gasteiger charge is 2.20. The summed E-state index contributed by atoms with van der Waals surface area (Å²) in [4.78, 5) is 18.4. The van der Waals surface area contributed by atoms with E-state index in [0.717, 1.165) is 65.8 Å². The van der Waals surface area contributed by atoms with Gasteiger partial charge in [-0.2, -0.15) is 0 Å². The van der Waals surface area contributed by atoms with Gasteiger partial charge in [0.1, 0.15) is 0 Å². The number of rotatable bonds is 9. The summed E-state index contributed by atoms with van der Waals surface area (Å²) in [7, 11) is 0. The highest BCUT2D eigenvalue weighted by Crippen LogP contribution is 2.21. The molecule has 0 radical (unpaired) electrons. The number of H-pyrrole nitrogens is 1. The molecule has 1 aliphatic heterocycles. The molecule has 0 aliphatic carbocycles. The minimum Gasteiger partial charge on any atom is -0.376 e. The second-order valence-corrected chi connectivity index (χ2v) is 9.47. The van der Waals surface area contributed by atoms with Crippen LogP contribution in [-0.4, -0.2) is 49.3 Å². The van der Waals surface area contributed by atoms with Crippen LogP contribution in [0.5, 0.6) is 0 Å². The molecule has 4 aromatic rings. The molecule has 5 rings (SSSR count). The Morgan fingerprint density at radius 1 is 1.11 bits per heavy atom. The van der Waals surface area contributed by atoms with E-state index in [1.165, 1.54) is 5.56 Å². The molecule has 2 aromatic carbocycles. The SMILES string of the molecule is Cc1ccc(C)c2[nH]c(=O)c(CN(CCc3ccccc3)Cc3nnnn3C[C@@H]3CCCO3)cc12. The van der Waals surface area contributed by atoms with Gasteiger partial charge >= 0.3 is 0 Å². The van der Waals surface area contributed by atoms with E-state index in [2.05, 4.69) is 62.7 Å². The quantitative estimate of drug-likeness (QED) is 0.401. The smallest absolute Gasteiger partial charge is 0.252 e. The average molecular weight is 473 g/mol.